The Hall–Kier alpha value is -1.55. The average molecular weight is 247 g/mol. The molecule has 18 heavy (non-hydrogen) atoms. The van der Waals surface area contributed by atoms with Crippen LogP contribution in [0.4, 0.5) is 5.69 Å². The van der Waals surface area contributed by atoms with Crippen molar-refractivity contribution in [2.45, 2.75) is 13.8 Å². The zero-order valence-corrected chi connectivity index (χ0v) is 11.2. The number of fused-ring (bicyclic) bond motifs is 1. The Balaban J connectivity index is 2.08. The fourth-order valence-electron chi connectivity index (χ4n) is 2.01. The van der Waals surface area contributed by atoms with Crippen LogP contribution in [0.25, 0.3) is 11.0 Å². The second-order valence-electron chi connectivity index (χ2n) is 5.13. The first-order valence-electron chi connectivity index (χ1n) is 6.37. The topological polar surface area (TPSA) is 50.1 Å². The van der Waals surface area contributed by atoms with Gasteiger partial charge in [-0.3, -0.25) is 0 Å². The molecule has 2 aromatic rings. The molecular formula is C14H21N3O. The van der Waals surface area contributed by atoms with E-state index in [1.54, 1.807) is 0 Å². The number of hydrogen-bond donors (Lipinski definition) is 2. The summed E-state index contributed by atoms with van der Waals surface area (Å²) in [6.07, 6.45) is 1.82. The van der Waals surface area contributed by atoms with E-state index in [4.69, 9.17) is 0 Å². The fraction of sp³-hybridized carbons (Fsp3) is 0.500. The van der Waals surface area contributed by atoms with Crippen LogP contribution in [0.1, 0.15) is 13.8 Å². The lowest BCUT2D eigenvalue weighted by molar-refractivity contribution is 0.198. The summed E-state index contributed by atoms with van der Waals surface area (Å²) in [6.45, 7) is 5.26. The van der Waals surface area contributed by atoms with Gasteiger partial charge in [0.05, 0.1) is 17.4 Å². The van der Waals surface area contributed by atoms with Gasteiger partial charge in [0.25, 0.3) is 0 Å². The predicted octanol–water partition coefficient (Wildman–Crippen LogP) is 2.25. The zero-order chi connectivity index (χ0) is 13.1. The van der Waals surface area contributed by atoms with E-state index >= 15 is 0 Å². The second kappa shape index (κ2) is 5.40. The molecule has 0 aliphatic heterocycles. The first-order valence-corrected chi connectivity index (χ1v) is 6.37. The van der Waals surface area contributed by atoms with Crippen molar-refractivity contribution in [3.63, 3.8) is 0 Å². The fourth-order valence-corrected chi connectivity index (χ4v) is 2.01. The van der Waals surface area contributed by atoms with Gasteiger partial charge >= 0.3 is 0 Å². The van der Waals surface area contributed by atoms with Crippen molar-refractivity contribution in [3.8, 4) is 0 Å². The molecule has 0 aliphatic carbocycles. The van der Waals surface area contributed by atoms with Gasteiger partial charge in [-0.25, -0.2) is 4.98 Å². The third-order valence-electron chi connectivity index (χ3n) is 3.47. The first kappa shape index (κ1) is 12.9. The molecule has 2 N–H and O–H groups in total. The summed E-state index contributed by atoms with van der Waals surface area (Å²) < 4.78 is 2.00. The summed E-state index contributed by atoms with van der Waals surface area (Å²) in [7, 11) is 1.99. The molecule has 0 fully saturated rings. The van der Waals surface area contributed by atoms with Crippen LogP contribution in [-0.4, -0.2) is 27.8 Å². The lowest BCUT2D eigenvalue weighted by Crippen LogP contribution is -2.22. The number of benzene rings is 1. The van der Waals surface area contributed by atoms with Crippen LogP contribution in [-0.2, 0) is 7.05 Å². The monoisotopic (exact) mass is 247 g/mol. The molecular weight excluding hydrogens is 226 g/mol. The van der Waals surface area contributed by atoms with Crippen LogP contribution < -0.4 is 5.32 Å². The molecule has 0 saturated heterocycles. The number of aryl methyl sites for hydroxylation is 1. The van der Waals surface area contributed by atoms with Crippen molar-refractivity contribution >= 4 is 16.7 Å². The van der Waals surface area contributed by atoms with E-state index in [0.717, 1.165) is 23.3 Å². The maximum absolute atomic E-state index is 9.29. The molecule has 1 atom stereocenters. The Morgan fingerprint density at radius 3 is 2.83 bits per heavy atom. The number of nitrogens with one attached hydrogen (secondary N) is 1. The van der Waals surface area contributed by atoms with Crippen LogP contribution in [0, 0.1) is 11.8 Å². The summed E-state index contributed by atoms with van der Waals surface area (Å²) in [4.78, 5) is 4.33. The highest BCUT2D eigenvalue weighted by Crippen LogP contribution is 2.18. The third-order valence-corrected chi connectivity index (χ3v) is 3.47. The largest absolute Gasteiger partial charge is 0.396 e. The highest BCUT2D eigenvalue weighted by molar-refractivity contribution is 5.79. The number of hydrogen-bond acceptors (Lipinski definition) is 3. The molecule has 98 valence electrons. The van der Waals surface area contributed by atoms with Gasteiger partial charge in [-0.2, -0.15) is 0 Å². The number of nitrogens with zero attached hydrogens (tertiary/aromatic N) is 2. The minimum absolute atomic E-state index is 0.219. The van der Waals surface area contributed by atoms with Gasteiger partial charge in [0, 0.05) is 31.8 Å². The molecule has 4 nitrogen and oxygen atoms in total. The summed E-state index contributed by atoms with van der Waals surface area (Å²) in [5, 5.41) is 12.7. The lowest BCUT2D eigenvalue weighted by Gasteiger charge is -2.19. The van der Waals surface area contributed by atoms with Crippen molar-refractivity contribution in [2.24, 2.45) is 18.9 Å². The van der Waals surface area contributed by atoms with Crippen molar-refractivity contribution in [3.05, 3.63) is 24.5 Å². The average Bonchev–Trinajstić information content (AvgIpc) is 2.71. The van der Waals surface area contributed by atoms with E-state index < -0.39 is 0 Å². The number of rotatable bonds is 5. The summed E-state index contributed by atoms with van der Waals surface area (Å²) >= 11 is 0. The first-order chi connectivity index (χ1) is 8.61. The lowest BCUT2D eigenvalue weighted by atomic mass is 9.97. The van der Waals surface area contributed by atoms with Crippen LogP contribution in [0.5, 0.6) is 0 Å². The summed E-state index contributed by atoms with van der Waals surface area (Å²) in [5.74, 6) is 0.755. The molecule has 0 amide bonds. The number of aliphatic hydroxyl groups is 1. The van der Waals surface area contributed by atoms with Crippen LogP contribution >= 0.6 is 0 Å². The molecule has 4 heteroatoms. The maximum atomic E-state index is 9.29. The van der Waals surface area contributed by atoms with Crippen molar-refractivity contribution in [1.82, 2.24) is 9.55 Å². The SMILES string of the molecule is CC(C)C(CO)CNc1ccc2c(c1)ncn2C. The molecule has 1 aromatic carbocycles. The maximum Gasteiger partial charge on any atom is 0.0955 e. The van der Waals surface area contributed by atoms with Gasteiger partial charge in [0.1, 0.15) is 0 Å². The van der Waals surface area contributed by atoms with Gasteiger partial charge < -0.3 is 15.0 Å². The predicted molar refractivity (Wildman–Crippen MR) is 74.6 cm³/mol. The van der Waals surface area contributed by atoms with Gasteiger partial charge in [0.15, 0.2) is 0 Å². The van der Waals surface area contributed by atoms with Crippen LogP contribution in [0.2, 0.25) is 0 Å². The molecule has 0 spiro atoms. The Morgan fingerprint density at radius 2 is 2.17 bits per heavy atom. The van der Waals surface area contributed by atoms with E-state index in [1.165, 1.54) is 0 Å². The number of anilines is 1. The van der Waals surface area contributed by atoms with E-state index in [-0.39, 0.29) is 12.5 Å². The second-order valence-corrected chi connectivity index (χ2v) is 5.13. The van der Waals surface area contributed by atoms with E-state index in [9.17, 15) is 5.11 Å². The summed E-state index contributed by atoms with van der Waals surface area (Å²) in [6, 6.07) is 6.16. The van der Waals surface area contributed by atoms with Gasteiger partial charge in [-0.05, 0) is 24.1 Å². The smallest absolute Gasteiger partial charge is 0.0955 e. The van der Waals surface area contributed by atoms with Gasteiger partial charge in [-0.1, -0.05) is 13.8 Å². The van der Waals surface area contributed by atoms with Crippen molar-refractivity contribution in [1.29, 1.82) is 0 Å². The molecule has 0 radical (unpaired) electrons. The minimum atomic E-state index is 0.219. The third kappa shape index (κ3) is 2.64. The molecule has 1 unspecified atom stereocenters. The molecule has 2 rings (SSSR count). The number of aliphatic hydroxyl groups excluding tert-OH is 1. The Morgan fingerprint density at radius 1 is 1.39 bits per heavy atom. The minimum Gasteiger partial charge on any atom is -0.396 e. The molecule has 1 heterocycles. The molecule has 1 aromatic heterocycles. The molecule has 0 aliphatic rings. The Kier molecular flexibility index (Phi) is 3.87. The zero-order valence-electron chi connectivity index (χ0n) is 11.2. The van der Waals surface area contributed by atoms with Gasteiger partial charge in [-0.15, -0.1) is 0 Å². The summed E-state index contributed by atoms with van der Waals surface area (Å²) in [5.41, 5.74) is 3.18. The number of aromatic nitrogens is 2. The van der Waals surface area contributed by atoms with E-state index in [2.05, 4.69) is 36.3 Å². The van der Waals surface area contributed by atoms with Crippen LogP contribution in [0.15, 0.2) is 24.5 Å². The Labute approximate surface area is 108 Å². The van der Waals surface area contributed by atoms with Crippen molar-refractivity contribution in [2.75, 3.05) is 18.5 Å². The van der Waals surface area contributed by atoms with Crippen LogP contribution in [0.3, 0.4) is 0 Å². The van der Waals surface area contributed by atoms with Crippen molar-refractivity contribution < 1.29 is 5.11 Å². The quantitative estimate of drug-likeness (QED) is 0.852. The highest BCUT2D eigenvalue weighted by atomic mass is 16.3. The van der Waals surface area contributed by atoms with Gasteiger partial charge in [0.2, 0.25) is 0 Å². The standard InChI is InChI=1S/C14H21N3O/c1-10(2)11(8-18)7-15-12-4-5-14-13(6-12)16-9-17(14)3/h4-6,9-11,15,18H,7-8H2,1-3H3. The Bertz CT molecular complexity index is 519. The number of imidazole rings is 1. The van der Waals surface area contributed by atoms with E-state index in [0.29, 0.717) is 5.92 Å². The normalized spacial score (nSPS) is 13.2. The van der Waals surface area contributed by atoms with E-state index in [1.807, 2.05) is 24.0 Å². The molecule has 0 saturated carbocycles. The molecule has 0 bridgehead atoms. The highest BCUT2D eigenvalue weighted by Gasteiger charge is 2.11.